The third-order valence-electron chi connectivity index (χ3n) is 4.44. The first-order chi connectivity index (χ1) is 10.2. The zero-order chi connectivity index (χ0) is 16.4. The molecule has 0 aliphatic heterocycles. The first kappa shape index (κ1) is 17.7. The molecule has 0 heterocycles. The third kappa shape index (κ3) is 5.24. The van der Waals surface area contributed by atoms with Gasteiger partial charge in [0.15, 0.2) is 0 Å². The lowest BCUT2D eigenvalue weighted by molar-refractivity contribution is -0.130. The lowest BCUT2D eigenvalue weighted by atomic mass is 9.82. The summed E-state index contributed by atoms with van der Waals surface area (Å²) < 4.78 is 53.0. The summed E-state index contributed by atoms with van der Waals surface area (Å²) >= 11 is 0. The monoisotopic (exact) mass is 338 g/mol. The van der Waals surface area contributed by atoms with E-state index in [1.54, 1.807) is 0 Å². The highest BCUT2D eigenvalue weighted by atomic mass is 32.2. The zero-order valence-corrected chi connectivity index (χ0v) is 13.4. The second kappa shape index (κ2) is 6.88. The van der Waals surface area contributed by atoms with E-state index in [1.165, 1.54) is 0 Å². The van der Waals surface area contributed by atoms with Gasteiger partial charge in [0.05, 0.1) is 5.75 Å². The maximum atomic E-state index is 13.3. The Balaban J connectivity index is 1.80. The van der Waals surface area contributed by atoms with Crippen LogP contribution in [0.4, 0.5) is 8.78 Å². The molecule has 0 saturated heterocycles. The van der Waals surface area contributed by atoms with E-state index in [1.807, 2.05) is 0 Å². The highest BCUT2D eigenvalue weighted by Gasteiger charge is 2.39. The molecule has 2 aliphatic rings. The first-order valence-electron chi connectivity index (χ1n) is 7.83. The first-order valence-corrected chi connectivity index (χ1v) is 9.48. The molecule has 0 aromatic rings. The van der Waals surface area contributed by atoms with Gasteiger partial charge in [0, 0.05) is 37.3 Å². The van der Waals surface area contributed by atoms with Crippen molar-refractivity contribution >= 4 is 15.8 Å². The van der Waals surface area contributed by atoms with Gasteiger partial charge in [-0.2, -0.15) is 0 Å². The number of hydrogen-bond donors (Lipinski definition) is 2. The largest absolute Gasteiger partial charge is 0.326 e. The van der Waals surface area contributed by atoms with E-state index in [4.69, 9.17) is 5.73 Å². The van der Waals surface area contributed by atoms with Crippen molar-refractivity contribution in [3.05, 3.63) is 0 Å². The molecule has 2 saturated carbocycles. The van der Waals surface area contributed by atoms with Gasteiger partial charge in [-0.15, -0.1) is 0 Å². The smallest absolute Gasteiger partial charge is 0.248 e. The van der Waals surface area contributed by atoms with Gasteiger partial charge >= 0.3 is 0 Å². The fourth-order valence-electron chi connectivity index (χ4n) is 3.04. The van der Waals surface area contributed by atoms with Crippen LogP contribution in [0.15, 0.2) is 0 Å². The SMILES string of the molecule is N[C@@H](CC(=O)C1CCCC(F)(F)C1)CS(=O)(=O)NC1CCC1. The van der Waals surface area contributed by atoms with E-state index in [-0.39, 0.29) is 30.4 Å². The zero-order valence-electron chi connectivity index (χ0n) is 12.6. The van der Waals surface area contributed by atoms with Crippen LogP contribution >= 0.6 is 0 Å². The summed E-state index contributed by atoms with van der Waals surface area (Å²) in [7, 11) is -3.52. The van der Waals surface area contributed by atoms with Gasteiger partial charge in [-0.3, -0.25) is 4.79 Å². The Morgan fingerprint density at radius 1 is 1.27 bits per heavy atom. The molecular weight excluding hydrogens is 314 g/mol. The number of sulfonamides is 1. The van der Waals surface area contributed by atoms with Gasteiger partial charge in [-0.1, -0.05) is 6.42 Å². The van der Waals surface area contributed by atoms with Gasteiger partial charge in [0.1, 0.15) is 5.78 Å². The van der Waals surface area contributed by atoms with Gasteiger partial charge in [-0.05, 0) is 25.7 Å². The van der Waals surface area contributed by atoms with E-state index in [0.717, 1.165) is 19.3 Å². The molecule has 2 fully saturated rings. The van der Waals surface area contributed by atoms with Crippen molar-refractivity contribution in [2.75, 3.05) is 5.75 Å². The Morgan fingerprint density at radius 3 is 2.50 bits per heavy atom. The Kier molecular flexibility index (Phi) is 5.55. The lowest BCUT2D eigenvalue weighted by Gasteiger charge is -2.29. The normalized spacial score (nSPS) is 27.1. The van der Waals surface area contributed by atoms with Crippen LogP contribution < -0.4 is 10.5 Å². The second-order valence-corrected chi connectivity index (χ2v) is 8.41. The molecule has 1 unspecified atom stereocenters. The number of carbonyl (C=O) groups excluding carboxylic acids is 1. The fourth-order valence-corrected chi connectivity index (χ4v) is 4.56. The van der Waals surface area contributed by atoms with Crippen LogP contribution in [0.25, 0.3) is 0 Å². The number of nitrogens with one attached hydrogen (secondary N) is 1. The van der Waals surface area contributed by atoms with Crippen LogP contribution in [0.5, 0.6) is 0 Å². The number of rotatable bonds is 7. The molecule has 3 N–H and O–H groups in total. The average Bonchev–Trinajstić information content (AvgIpc) is 2.32. The van der Waals surface area contributed by atoms with Crippen molar-refractivity contribution in [3.8, 4) is 0 Å². The van der Waals surface area contributed by atoms with Crippen LogP contribution in [-0.4, -0.2) is 38.0 Å². The molecule has 2 rings (SSSR count). The van der Waals surface area contributed by atoms with Crippen LogP contribution in [-0.2, 0) is 14.8 Å². The van der Waals surface area contributed by atoms with Crippen LogP contribution in [0.3, 0.4) is 0 Å². The van der Waals surface area contributed by atoms with Crippen LogP contribution in [0.2, 0.25) is 0 Å². The lowest BCUT2D eigenvalue weighted by Crippen LogP contribution is -2.45. The second-order valence-electron chi connectivity index (χ2n) is 6.61. The summed E-state index contributed by atoms with van der Waals surface area (Å²) in [5, 5.41) is 0. The number of alkyl halides is 2. The van der Waals surface area contributed by atoms with Gasteiger partial charge < -0.3 is 5.73 Å². The molecule has 0 aromatic heterocycles. The predicted octanol–water partition coefficient (Wildman–Crippen LogP) is 1.57. The van der Waals surface area contributed by atoms with Crippen LogP contribution in [0.1, 0.15) is 51.4 Å². The Labute approximate surface area is 130 Å². The number of hydrogen-bond acceptors (Lipinski definition) is 4. The fraction of sp³-hybridized carbons (Fsp3) is 0.929. The van der Waals surface area contributed by atoms with Crippen molar-refractivity contribution in [1.82, 2.24) is 4.72 Å². The highest BCUT2D eigenvalue weighted by molar-refractivity contribution is 7.89. The summed E-state index contributed by atoms with van der Waals surface area (Å²) in [4.78, 5) is 12.0. The molecular formula is C14H24F2N2O3S. The number of Topliss-reactive ketones (excluding diaryl/α,β-unsaturated/α-hetero) is 1. The number of halogens is 2. The van der Waals surface area contributed by atoms with Gasteiger partial charge in [0.25, 0.3) is 0 Å². The van der Waals surface area contributed by atoms with Crippen molar-refractivity contribution in [3.63, 3.8) is 0 Å². The topological polar surface area (TPSA) is 89.3 Å². The maximum absolute atomic E-state index is 13.3. The molecule has 0 amide bonds. The van der Waals surface area contributed by atoms with E-state index in [9.17, 15) is 22.0 Å². The Morgan fingerprint density at radius 2 is 1.95 bits per heavy atom. The quantitative estimate of drug-likeness (QED) is 0.737. The molecule has 0 spiro atoms. The molecule has 22 heavy (non-hydrogen) atoms. The van der Waals surface area contributed by atoms with E-state index in [2.05, 4.69) is 4.72 Å². The molecule has 0 aromatic carbocycles. The predicted molar refractivity (Wildman–Crippen MR) is 79.1 cm³/mol. The number of ketones is 1. The van der Waals surface area contributed by atoms with E-state index < -0.39 is 34.3 Å². The molecule has 0 radical (unpaired) electrons. The molecule has 2 atom stereocenters. The molecule has 5 nitrogen and oxygen atoms in total. The van der Waals surface area contributed by atoms with Crippen LogP contribution in [0, 0.1) is 5.92 Å². The van der Waals surface area contributed by atoms with E-state index >= 15 is 0 Å². The molecule has 128 valence electrons. The summed E-state index contributed by atoms with van der Waals surface area (Å²) in [5.41, 5.74) is 5.74. The van der Waals surface area contributed by atoms with Crippen molar-refractivity contribution < 1.29 is 22.0 Å². The van der Waals surface area contributed by atoms with Crippen molar-refractivity contribution in [1.29, 1.82) is 0 Å². The average molecular weight is 338 g/mol. The number of carbonyl (C=O) groups is 1. The summed E-state index contributed by atoms with van der Waals surface area (Å²) in [6.45, 7) is 0. The molecule has 8 heteroatoms. The summed E-state index contributed by atoms with van der Waals surface area (Å²) in [6, 6.07) is -0.870. The molecule has 0 bridgehead atoms. The summed E-state index contributed by atoms with van der Waals surface area (Å²) in [5.74, 6) is -4.17. The van der Waals surface area contributed by atoms with Crippen molar-refractivity contribution in [2.45, 2.75) is 69.4 Å². The maximum Gasteiger partial charge on any atom is 0.248 e. The minimum absolute atomic E-state index is 0.0232. The van der Waals surface area contributed by atoms with Gasteiger partial charge in [-0.25, -0.2) is 21.9 Å². The van der Waals surface area contributed by atoms with Crippen molar-refractivity contribution in [2.24, 2.45) is 11.7 Å². The number of nitrogens with two attached hydrogens (primary N) is 1. The summed E-state index contributed by atoms with van der Waals surface area (Å²) in [6.07, 6.45) is 2.64. The van der Waals surface area contributed by atoms with E-state index in [0.29, 0.717) is 12.8 Å². The minimum atomic E-state index is -3.52. The highest BCUT2D eigenvalue weighted by Crippen LogP contribution is 2.37. The third-order valence-corrected chi connectivity index (χ3v) is 6.00. The molecule has 2 aliphatic carbocycles. The Hall–Kier alpha value is -0.600. The minimum Gasteiger partial charge on any atom is -0.326 e. The standard InChI is InChI=1S/C14H24F2N2O3S/c15-14(16)6-2-3-10(8-14)13(19)7-11(17)9-22(20,21)18-12-4-1-5-12/h10-12,18H,1-9,17H2/t10?,11-/m0/s1. The van der Waals surface area contributed by atoms with Gasteiger partial charge in [0.2, 0.25) is 15.9 Å². The Bertz CT molecular complexity index is 506.